The van der Waals surface area contributed by atoms with Gasteiger partial charge in [0.25, 0.3) is 0 Å². The second kappa shape index (κ2) is 9.07. The van der Waals surface area contributed by atoms with Crippen LogP contribution < -0.4 is 0 Å². The van der Waals surface area contributed by atoms with Crippen LogP contribution in [0, 0.1) is 11.3 Å². The lowest BCUT2D eigenvalue weighted by molar-refractivity contribution is -0.140. The van der Waals surface area contributed by atoms with E-state index in [-0.39, 0.29) is 18.4 Å². The predicted molar refractivity (Wildman–Crippen MR) is 91.9 cm³/mol. The summed E-state index contributed by atoms with van der Waals surface area (Å²) in [4.78, 5) is 28.3. The Hall–Kier alpha value is -2.35. The van der Waals surface area contributed by atoms with Gasteiger partial charge in [0.15, 0.2) is 0 Å². The van der Waals surface area contributed by atoms with Crippen LogP contribution in [0.25, 0.3) is 0 Å². The van der Waals surface area contributed by atoms with Gasteiger partial charge < -0.3 is 9.80 Å². The Morgan fingerprint density at radius 3 is 2.67 bits per heavy atom. The van der Waals surface area contributed by atoms with Crippen molar-refractivity contribution in [2.75, 3.05) is 19.6 Å². The Morgan fingerprint density at radius 2 is 2.00 bits per heavy atom. The zero-order chi connectivity index (χ0) is 17.4. The van der Waals surface area contributed by atoms with E-state index in [4.69, 9.17) is 5.26 Å². The molecular formula is C19H25N3O2. The summed E-state index contributed by atoms with van der Waals surface area (Å²) in [6.45, 7) is 4.08. The topological polar surface area (TPSA) is 64.4 Å². The van der Waals surface area contributed by atoms with Crippen molar-refractivity contribution in [2.24, 2.45) is 0 Å². The summed E-state index contributed by atoms with van der Waals surface area (Å²) in [5.41, 5.74) is 1.61. The molecule has 2 rings (SSSR count). The van der Waals surface area contributed by atoms with E-state index in [2.05, 4.69) is 6.07 Å². The maximum absolute atomic E-state index is 12.7. The van der Waals surface area contributed by atoms with E-state index in [1.165, 1.54) is 0 Å². The van der Waals surface area contributed by atoms with Gasteiger partial charge in [-0.05, 0) is 37.0 Å². The number of rotatable bonds is 6. The first-order chi connectivity index (χ1) is 11.6. The van der Waals surface area contributed by atoms with Gasteiger partial charge in [0.2, 0.25) is 11.8 Å². The zero-order valence-corrected chi connectivity index (χ0v) is 14.3. The fourth-order valence-corrected chi connectivity index (χ4v) is 2.94. The van der Waals surface area contributed by atoms with Crippen molar-refractivity contribution in [3.8, 4) is 6.07 Å². The van der Waals surface area contributed by atoms with Gasteiger partial charge in [-0.3, -0.25) is 9.59 Å². The summed E-state index contributed by atoms with van der Waals surface area (Å²) in [6.07, 6.45) is 4.38. The Labute approximate surface area is 143 Å². The minimum Gasteiger partial charge on any atom is -0.337 e. The maximum Gasteiger partial charge on any atom is 0.242 e. The van der Waals surface area contributed by atoms with Crippen LogP contribution in [0.15, 0.2) is 24.3 Å². The molecule has 1 heterocycles. The molecule has 0 spiro atoms. The van der Waals surface area contributed by atoms with E-state index in [1.807, 2.05) is 19.1 Å². The van der Waals surface area contributed by atoms with Gasteiger partial charge in [-0.1, -0.05) is 25.5 Å². The van der Waals surface area contributed by atoms with Crippen molar-refractivity contribution in [2.45, 2.75) is 45.6 Å². The minimum absolute atomic E-state index is 0.00328. The number of hydrogen-bond acceptors (Lipinski definition) is 3. The maximum atomic E-state index is 12.7. The van der Waals surface area contributed by atoms with Crippen molar-refractivity contribution < 1.29 is 9.59 Å². The van der Waals surface area contributed by atoms with Crippen LogP contribution in [-0.2, 0) is 16.1 Å². The molecule has 1 saturated heterocycles. The molecule has 0 atom stereocenters. The standard InChI is InChI=1S/C19H25N3O2/c1-2-11-21(14-17-9-7-16(13-20)8-10-17)19(24)15-22-12-5-3-4-6-18(22)23/h7-10H,2-6,11-12,14-15H2,1H3. The molecule has 5 nitrogen and oxygen atoms in total. The van der Waals surface area contributed by atoms with Crippen LogP contribution in [0.2, 0.25) is 0 Å². The highest BCUT2D eigenvalue weighted by atomic mass is 16.2. The van der Waals surface area contributed by atoms with Gasteiger partial charge in [0.05, 0.1) is 18.2 Å². The van der Waals surface area contributed by atoms with E-state index >= 15 is 0 Å². The van der Waals surface area contributed by atoms with Crippen LogP contribution in [0.5, 0.6) is 0 Å². The number of likely N-dealkylation sites (tertiary alicyclic amines) is 1. The van der Waals surface area contributed by atoms with Crippen LogP contribution in [0.1, 0.15) is 50.2 Å². The van der Waals surface area contributed by atoms with E-state index < -0.39 is 0 Å². The molecule has 0 bridgehead atoms. The number of nitrogens with zero attached hydrogens (tertiary/aromatic N) is 3. The second-order valence-corrected chi connectivity index (χ2v) is 6.25. The Balaban J connectivity index is 2.00. The summed E-state index contributed by atoms with van der Waals surface area (Å²) in [7, 11) is 0. The molecule has 1 aliphatic heterocycles. The molecule has 128 valence electrons. The highest BCUT2D eigenvalue weighted by Crippen LogP contribution is 2.13. The summed E-state index contributed by atoms with van der Waals surface area (Å²) in [6, 6.07) is 9.39. The molecule has 0 aromatic heterocycles. The molecule has 24 heavy (non-hydrogen) atoms. The molecule has 1 aromatic rings. The van der Waals surface area contributed by atoms with Gasteiger partial charge in [-0.25, -0.2) is 0 Å². The first kappa shape index (κ1) is 18.0. The fourth-order valence-electron chi connectivity index (χ4n) is 2.94. The lowest BCUT2D eigenvalue weighted by atomic mass is 10.1. The third kappa shape index (κ3) is 5.09. The summed E-state index contributed by atoms with van der Waals surface area (Å²) in [5, 5.41) is 8.86. The average Bonchev–Trinajstić information content (AvgIpc) is 2.80. The number of amides is 2. The average molecular weight is 327 g/mol. The fraction of sp³-hybridized carbons (Fsp3) is 0.526. The monoisotopic (exact) mass is 327 g/mol. The smallest absolute Gasteiger partial charge is 0.242 e. The Morgan fingerprint density at radius 1 is 1.25 bits per heavy atom. The molecule has 0 unspecified atom stereocenters. The van der Waals surface area contributed by atoms with Crippen molar-refractivity contribution >= 4 is 11.8 Å². The van der Waals surface area contributed by atoms with Crippen molar-refractivity contribution in [1.29, 1.82) is 5.26 Å². The molecule has 0 radical (unpaired) electrons. The summed E-state index contributed by atoms with van der Waals surface area (Å²) in [5.74, 6) is 0.0899. The summed E-state index contributed by atoms with van der Waals surface area (Å²) >= 11 is 0. The predicted octanol–water partition coefficient (Wildman–Crippen LogP) is 2.70. The van der Waals surface area contributed by atoms with E-state index in [9.17, 15) is 9.59 Å². The van der Waals surface area contributed by atoms with Crippen molar-refractivity contribution in [3.05, 3.63) is 35.4 Å². The molecule has 2 amide bonds. The van der Waals surface area contributed by atoms with Crippen LogP contribution in [0.4, 0.5) is 0 Å². The third-order valence-electron chi connectivity index (χ3n) is 4.30. The number of carbonyl (C=O) groups excluding carboxylic acids is 2. The van der Waals surface area contributed by atoms with Crippen LogP contribution >= 0.6 is 0 Å². The molecule has 1 aromatic carbocycles. The SMILES string of the molecule is CCCN(Cc1ccc(C#N)cc1)C(=O)CN1CCCCCC1=O. The van der Waals surface area contributed by atoms with E-state index in [0.717, 1.165) is 31.2 Å². The molecule has 5 heteroatoms. The Kier molecular flexibility index (Phi) is 6.80. The van der Waals surface area contributed by atoms with Crippen molar-refractivity contribution in [3.63, 3.8) is 0 Å². The molecule has 0 aliphatic carbocycles. The number of carbonyl (C=O) groups is 2. The van der Waals surface area contributed by atoms with Crippen LogP contribution in [-0.4, -0.2) is 41.2 Å². The number of hydrogen-bond donors (Lipinski definition) is 0. The lowest BCUT2D eigenvalue weighted by Gasteiger charge is -2.27. The number of benzene rings is 1. The molecule has 1 aliphatic rings. The third-order valence-corrected chi connectivity index (χ3v) is 4.30. The number of nitriles is 1. The first-order valence-corrected chi connectivity index (χ1v) is 8.68. The largest absolute Gasteiger partial charge is 0.337 e. The lowest BCUT2D eigenvalue weighted by Crippen LogP contribution is -2.42. The normalized spacial score (nSPS) is 14.8. The van der Waals surface area contributed by atoms with Gasteiger partial charge in [0, 0.05) is 26.1 Å². The zero-order valence-electron chi connectivity index (χ0n) is 14.3. The van der Waals surface area contributed by atoms with Crippen molar-refractivity contribution in [1.82, 2.24) is 9.80 Å². The second-order valence-electron chi connectivity index (χ2n) is 6.25. The Bertz CT molecular complexity index is 604. The van der Waals surface area contributed by atoms with Gasteiger partial charge in [-0.2, -0.15) is 5.26 Å². The van der Waals surface area contributed by atoms with Gasteiger partial charge in [0.1, 0.15) is 0 Å². The molecule has 1 fully saturated rings. The molecule has 0 N–H and O–H groups in total. The first-order valence-electron chi connectivity index (χ1n) is 8.68. The molecular weight excluding hydrogens is 302 g/mol. The summed E-state index contributed by atoms with van der Waals surface area (Å²) < 4.78 is 0. The highest BCUT2D eigenvalue weighted by molar-refractivity contribution is 5.85. The van der Waals surface area contributed by atoms with E-state index in [0.29, 0.717) is 31.6 Å². The highest BCUT2D eigenvalue weighted by Gasteiger charge is 2.22. The van der Waals surface area contributed by atoms with Gasteiger partial charge in [-0.15, -0.1) is 0 Å². The van der Waals surface area contributed by atoms with Crippen LogP contribution in [0.3, 0.4) is 0 Å². The molecule has 0 saturated carbocycles. The van der Waals surface area contributed by atoms with Gasteiger partial charge >= 0.3 is 0 Å². The minimum atomic E-state index is -0.00328. The van der Waals surface area contributed by atoms with E-state index in [1.54, 1.807) is 21.9 Å². The quantitative estimate of drug-likeness (QED) is 0.807.